The minimum atomic E-state index is -0.417. The molecular formula is C52H64N6O6S. The number of carbonyl (C=O) groups is 2. The van der Waals surface area contributed by atoms with E-state index in [0.29, 0.717) is 46.5 Å². The number of nitro benzene ring substituents is 2. The highest BCUT2D eigenvalue weighted by molar-refractivity contribution is 7.99. The third-order valence-electron chi connectivity index (χ3n) is 12.4. The lowest BCUT2D eigenvalue weighted by Crippen LogP contribution is -2.47. The topological polar surface area (TPSA) is 133 Å². The van der Waals surface area contributed by atoms with E-state index in [1.54, 1.807) is 36.4 Å². The number of amides is 2. The molecule has 4 aromatic rings. The Morgan fingerprint density at radius 2 is 1.02 bits per heavy atom. The summed E-state index contributed by atoms with van der Waals surface area (Å²) in [5, 5.41) is 27.0. The van der Waals surface area contributed by atoms with E-state index in [4.69, 9.17) is 0 Å². The highest BCUT2D eigenvalue weighted by Gasteiger charge is 2.33. The van der Waals surface area contributed by atoms with Crippen LogP contribution >= 0.6 is 11.8 Å². The zero-order valence-electron chi connectivity index (χ0n) is 39.2. The van der Waals surface area contributed by atoms with Gasteiger partial charge in [0.05, 0.1) is 30.8 Å². The van der Waals surface area contributed by atoms with Gasteiger partial charge in [-0.1, -0.05) is 100 Å². The molecule has 2 aliphatic heterocycles. The van der Waals surface area contributed by atoms with E-state index in [9.17, 15) is 29.8 Å². The molecule has 0 spiro atoms. The Hall–Kier alpha value is -5.63. The Balaban J connectivity index is 1.51. The Labute approximate surface area is 388 Å². The molecule has 2 unspecified atom stereocenters. The predicted molar refractivity (Wildman–Crippen MR) is 263 cm³/mol. The molecule has 0 saturated carbocycles. The quantitative estimate of drug-likeness (QED) is 0.0612. The summed E-state index contributed by atoms with van der Waals surface area (Å²) in [7, 11) is 7.99. The smallest absolute Gasteiger partial charge is 0.291 e. The van der Waals surface area contributed by atoms with Crippen LogP contribution in [0, 0.1) is 20.2 Å². The van der Waals surface area contributed by atoms with Crippen molar-refractivity contribution in [1.29, 1.82) is 0 Å². The first-order valence-corrected chi connectivity index (χ1v) is 23.6. The molecule has 2 atom stereocenters. The van der Waals surface area contributed by atoms with E-state index in [0.717, 1.165) is 74.5 Å². The van der Waals surface area contributed by atoms with E-state index in [1.807, 2.05) is 114 Å². The van der Waals surface area contributed by atoms with Crippen molar-refractivity contribution in [3.63, 3.8) is 0 Å². The molecule has 0 bridgehead atoms. The molecule has 0 N–H and O–H groups in total. The van der Waals surface area contributed by atoms with Crippen LogP contribution in [0.25, 0.3) is 34.4 Å². The number of likely N-dealkylation sites (tertiary alicyclic amines) is 2. The lowest BCUT2D eigenvalue weighted by Gasteiger charge is -2.36. The molecule has 2 fully saturated rings. The summed E-state index contributed by atoms with van der Waals surface area (Å²) in [6.45, 7) is 10.9. The molecule has 2 aliphatic rings. The molecule has 344 valence electrons. The Morgan fingerprint density at radius 3 is 1.37 bits per heavy atom. The minimum absolute atomic E-state index is 0.00616. The van der Waals surface area contributed by atoms with Crippen molar-refractivity contribution >= 4 is 47.1 Å². The summed E-state index contributed by atoms with van der Waals surface area (Å²) in [5.74, 6) is -0.283. The van der Waals surface area contributed by atoms with E-state index >= 15 is 0 Å². The number of nitro groups is 2. The van der Waals surface area contributed by atoms with Crippen molar-refractivity contribution in [3.05, 3.63) is 127 Å². The lowest BCUT2D eigenvalue weighted by molar-refractivity contribution is -0.387. The zero-order valence-corrected chi connectivity index (χ0v) is 40.0. The summed E-state index contributed by atoms with van der Waals surface area (Å²) in [6.07, 6.45) is 12.1. The molecule has 2 amide bonds. The van der Waals surface area contributed by atoms with Gasteiger partial charge in [0, 0.05) is 50.4 Å². The van der Waals surface area contributed by atoms with Crippen LogP contribution < -0.4 is 0 Å². The SMILES string of the molecule is CC(C)c1ccccc1-c1c(C=CC(=O)N2CCCCC2CN(C)C)ccc(Sc2ccc(C=CC(=O)N3CCCCC3CN(C)C)c(-c3ccccc3C(C)C)c2[N+](=O)[O-])c1[N+](=O)[O-]. The highest BCUT2D eigenvalue weighted by Crippen LogP contribution is 2.50. The van der Waals surface area contributed by atoms with Gasteiger partial charge >= 0.3 is 0 Å². The first-order chi connectivity index (χ1) is 31.1. The molecule has 6 rings (SSSR count). The standard InChI is InChI=1S/C52H64N6O6S/c1-35(2)41-19-9-11-21-43(41)49-37(25-29-47(59)55-31-15-13-17-39(55)33-53(5)6)23-27-45(51(49)57(61)62)65-46-28-24-38(26-30-48(60)56-32-16-14-18-40(56)34-54(7)8)50(52(46)58(63)64)44-22-12-10-20-42(44)36(3)4/h9-12,19-30,35-36,39-40H,13-18,31-34H2,1-8H3. The van der Waals surface area contributed by atoms with Crippen molar-refractivity contribution in [2.24, 2.45) is 0 Å². The Morgan fingerprint density at radius 1 is 0.631 bits per heavy atom. The molecule has 2 heterocycles. The Kier molecular flexibility index (Phi) is 16.6. The largest absolute Gasteiger partial charge is 0.335 e. The van der Waals surface area contributed by atoms with Gasteiger partial charge in [-0.25, -0.2) is 0 Å². The van der Waals surface area contributed by atoms with Crippen molar-refractivity contribution < 1.29 is 19.4 Å². The van der Waals surface area contributed by atoms with Gasteiger partial charge in [-0.3, -0.25) is 29.8 Å². The summed E-state index contributed by atoms with van der Waals surface area (Å²) in [4.78, 5) is 62.3. The number of nitrogens with zero attached hydrogens (tertiary/aromatic N) is 6. The van der Waals surface area contributed by atoms with Crippen molar-refractivity contribution in [2.45, 2.75) is 99.9 Å². The molecule has 0 aliphatic carbocycles. The van der Waals surface area contributed by atoms with Crippen LogP contribution in [-0.4, -0.2) is 108 Å². The second-order valence-electron chi connectivity index (χ2n) is 18.4. The second kappa shape index (κ2) is 22.0. The number of rotatable bonds is 16. The van der Waals surface area contributed by atoms with Crippen LogP contribution in [0.4, 0.5) is 11.4 Å². The summed E-state index contributed by atoms with van der Waals surface area (Å²) >= 11 is 0.976. The summed E-state index contributed by atoms with van der Waals surface area (Å²) in [5.41, 5.74) is 4.35. The van der Waals surface area contributed by atoms with E-state index in [1.165, 1.54) is 12.2 Å². The van der Waals surface area contributed by atoms with Crippen LogP contribution in [0.15, 0.2) is 94.7 Å². The average Bonchev–Trinajstić information content (AvgIpc) is 3.27. The highest BCUT2D eigenvalue weighted by atomic mass is 32.2. The summed E-state index contributed by atoms with van der Waals surface area (Å²) < 4.78 is 0. The number of benzene rings is 4. The Bertz CT molecular complexity index is 2280. The van der Waals surface area contributed by atoms with Crippen molar-refractivity contribution in [2.75, 3.05) is 54.4 Å². The second-order valence-corrected chi connectivity index (χ2v) is 19.5. The number of piperidine rings is 2. The third kappa shape index (κ3) is 11.6. The summed E-state index contributed by atoms with van der Waals surface area (Å²) in [6, 6.07) is 22.1. The molecular weight excluding hydrogens is 837 g/mol. The monoisotopic (exact) mass is 900 g/mol. The molecule has 13 heteroatoms. The fourth-order valence-electron chi connectivity index (χ4n) is 9.44. The van der Waals surface area contributed by atoms with Gasteiger partial charge in [-0.05, 0) is 136 Å². The van der Waals surface area contributed by atoms with Gasteiger partial charge < -0.3 is 19.6 Å². The maximum atomic E-state index is 13.9. The van der Waals surface area contributed by atoms with Gasteiger partial charge in [0.2, 0.25) is 11.8 Å². The molecule has 65 heavy (non-hydrogen) atoms. The van der Waals surface area contributed by atoms with E-state index in [2.05, 4.69) is 9.80 Å². The van der Waals surface area contributed by atoms with E-state index < -0.39 is 9.85 Å². The first kappa shape index (κ1) is 48.8. The first-order valence-electron chi connectivity index (χ1n) is 22.8. The van der Waals surface area contributed by atoms with Gasteiger partial charge in [-0.15, -0.1) is 0 Å². The number of hydrogen-bond donors (Lipinski definition) is 0. The van der Waals surface area contributed by atoms with Crippen molar-refractivity contribution in [1.82, 2.24) is 19.6 Å². The van der Waals surface area contributed by atoms with Crippen LogP contribution in [0.1, 0.15) is 100 Å². The predicted octanol–water partition coefficient (Wildman–Crippen LogP) is 11.1. The van der Waals surface area contributed by atoms with Crippen LogP contribution in [0.3, 0.4) is 0 Å². The van der Waals surface area contributed by atoms with Gasteiger partial charge in [0.25, 0.3) is 11.4 Å². The molecule has 0 radical (unpaired) electrons. The van der Waals surface area contributed by atoms with Crippen LogP contribution in [-0.2, 0) is 9.59 Å². The lowest BCUT2D eigenvalue weighted by atomic mass is 9.89. The van der Waals surface area contributed by atoms with Gasteiger partial charge in [-0.2, -0.15) is 0 Å². The average molecular weight is 901 g/mol. The van der Waals surface area contributed by atoms with E-state index in [-0.39, 0.29) is 56.9 Å². The molecule has 4 aromatic carbocycles. The molecule has 0 aromatic heterocycles. The van der Waals surface area contributed by atoms with Crippen LogP contribution in [0.2, 0.25) is 0 Å². The molecule has 12 nitrogen and oxygen atoms in total. The number of likely N-dealkylation sites (N-methyl/N-ethyl adjacent to an activating group) is 2. The number of carbonyl (C=O) groups excluding carboxylic acids is 2. The minimum Gasteiger partial charge on any atom is -0.335 e. The fraction of sp³-hybridized carbons (Fsp3) is 0.423. The maximum Gasteiger partial charge on any atom is 0.291 e. The van der Waals surface area contributed by atoms with Crippen molar-refractivity contribution in [3.8, 4) is 22.3 Å². The van der Waals surface area contributed by atoms with Gasteiger partial charge in [0.15, 0.2) is 0 Å². The normalized spacial score (nSPS) is 17.0. The third-order valence-corrected chi connectivity index (χ3v) is 13.5. The number of hydrogen-bond acceptors (Lipinski definition) is 9. The zero-order chi connectivity index (χ0) is 46.9. The van der Waals surface area contributed by atoms with Gasteiger partial charge in [0.1, 0.15) is 0 Å². The molecule has 2 saturated heterocycles. The van der Waals surface area contributed by atoms with Crippen LogP contribution in [0.5, 0.6) is 0 Å². The fourth-order valence-corrected chi connectivity index (χ4v) is 10.5. The maximum absolute atomic E-state index is 13.9.